The highest BCUT2D eigenvalue weighted by Gasteiger charge is 2.22. The highest BCUT2D eigenvalue weighted by atomic mass is 16.4. The van der Waals surface area contributed by atoms with Gasteiger partial charge in [0.1, 0.15) is 6.54 Å². The molecule has 0 saturated carbocycles. The summed E-state index contributed by atoms with van der Waals surface area (Å²) in [5.74, 6) is -0.820. The average Bonchev–Trinajstić information content (AvgIpc) is 2.31. The van der Waals surface area contributed by atoms with Crippen molar-refractivity contribution in [1.82, 2.24) is 9.80 Å². The summed E-state index contributed by atoms with van der Waals surface area (Å²) in [7, 11) is 0. The van der Waals surface area contributed by atoms with E-state index in [0.29, 0.717) is 13.1 Å². The standard InChI is InChI=1S/C13H26N2O4/c1-4-5-6-14(7-8-16)13(19)15(9-11(2)3)10-12(17)18/h11,16H,4-10H2,1-3H3,(H,17,18). The molecule has 0 aliphatic heterocycles. The molecule has 0 fully saturated rings. The third-order valence-corrected chi connectivity index (χ3v) is 2.60. The van der Waals surface area contributed by atoms with Crippen LogP contribution in [0, 0.1) is 5.92 Å². The van der Waals surface area contributed by atoms with E-state index in [1.54, 1.807) is 0 Å². The van der Waals surface area contributed by atoms with Crippen LogP contribution in [0.25, 0.3) is 0 Å². The largest absolute Gasteiger partial charge is 0.480 e. The van der Waals surface area contributed by atoms with Crippen molar-refractivity contribution in [2.24, 2.45) is 5.92 Å². The molecule has 0 aliphatic rings. The van der Waals surface area contributed by atoms with Crippen molar-refractivity contribution in [3.05, 3.63) is 0 Å². The Hall–Kier alpha value is -1.30. The molecule has 0 aromatic heterocycles. The van der Waals surface area contributed by atoms with Crippen LogP contribution in [0.4, 0.5) is 4.79 Å². The van der Waals surface area contributed by atoms with Crippen LogP contribution in [-0.2, 0) is 4.79 Å². The lowest BCUT2D eigenvalue weighted by molar-refractivity contribution is -0.137. The Morgan fingerprint density at radius 1 is 1.16 bits per heavy atom. The summed E-state index contributed by atoms with van der Waals surface area (Å²) in [6, 6.07) is -0.307. The van der Waals surface area contributed by atoms with Crippen LogP contribution in [0.15, 0.2) is 0 Å². The highest BCUT2D eigenvalue weighted by molar-refractivity contribution is 5.80. The SMILES string of the molecule is CCCCN(CCO)C(=O)N(CC(=O)O)CC(C)C. The van der Waals surface area contributed by atoms with Crippen LogP contribution in [0.3, 0.4) is 0 Å². The van der Waals surface area contributed by atoms with E-state index in [4.69, 9.17) is 10.2 Å². The van der Waals surface area contributed by atoms with Gasteiger partial charge in [0.15, 0.2) is 0 Å². The molecule has 112 valence electrons. The summed E-state index contributed by atoms with van der Waals surface area (Å²) in [4.78, 5) is 26.0. The first-order valence-electron chi connectivity index (χ1n) is 6.78. The van der Waals surface area contributed by atoms with Crippen molar-refractivity contribution in [2.45, 2.75) is 33.6 Å². The van der Waals surface area contributed by atoms with Crippen molar-refractivity contribution in [3.63, 3.8) is 0 Å². The Morgan fingerprint density at radius 3 is 2.21 bits per heavy atom. The zero-order chi connectivity index (χ0) is 14.8. The normalized spacial score (nSPS) is 10.6. The highest BCUT2D eigenvalue weighted by Crippen LogP contribution is 2.06. The van der Waals surface area contributed by atoms with Gasteiger partial charge in [0.25, 0.3) is 0 Å². The Morgan fingerprint density at radius 2 is 1.79 bits per heavy atom. The smallest absolute Gasteiger partial charge is 0.323 e. The van der Waals surface area contributed by atoms with Gasteiger partial charge in [-0.05, 0) is 12.3 Å². The van der Waals surface area contributed by atoms with Gasteiger partial charge in [-0.25, -0.2) is 4.79 Å². The number of carboxylic acid groups (broad SMARTS) is 1. The van der Waals surface area contributed by atoms with Crippen LogP contribution in [0.2, 0.25) is 0 Å². The molecule has 0 aromatic rings. The quantitative estimate of drug-likeness (QED) is 0.663. The lowest BCUT2D eigenvalue weighted by Crippen LogP contribution is -2.48. The minimum Gasteiger partial charge on any atom is -0.480 e. The molecular formula is C13H26N2O4. The molecule has 0 rings (SSSR count). The maximum atomic E-state index is 12.3. The van der Waals surface area contributed by atoms with E-state index >= 15 is 0 Å². The number of aliphatic carboxylic acids is 1. The summed E-state index contributed by atoms with van der Waals surface area (Å²) in [5, 5.41) is 17.9. The third-order valence-electron chi connectivity index (χ3n) is 2.60. The molecule has 0 unspecified atom stereocenters. The summed E-state index contributed by atoms with van der Waals surface area (Å²) in [6.45, 7) is 6.67. The number of carbonyl (C=O) groups is 2. The molecule has 0 heterocycles. The van der Waals surface area contributed by atoms with Gasteiger partial charge in [-0.3, -0.25) is 4.79 Å². The molecule has 0 bridgehead atoms. The lowest BCUT2D eigenvalue weighted by Gasteiger charge is -2.30. The van der Waals surface area contributed by atoms with Crippen LogP contribution < -0.4 is 0 Å². The number of aliphatic hydroxyl groups excluding tert-OH is 1. The van der Waals surface area contributed by atoms with E-state index in [9.17, 15) is 9.59 Å². The molecule has 6 nitrogen and oxygen atoms in total. The van der Waals surface area contributed by atoms with Crippen LogP contribution >= 0.6 is 0 Å². The summed E-state index contributed by atoms with van der Waals surface area (Å²) in [6.07, 6.45) is 1.78. The second kappa shape index (κ2) is 9.61. The van der Waals surface area contributed by atoms with Crippen LogP contribution in [0.1, 0.15) is 33.6 Å². The van der Waals surface area contributed by atoms with Crippen LogP contribution in [-0.4, -0.2) is 64.8 Å². The Bertz CT molecular complexity index is 282. The topological polar surface area (TPSA) is 81.1 Å². The van der Waals surface area contributed by atoms with E-state index in [2.05, 4.69) is 0 Å². The zero-order valence-electron chi connectivity index (χ0n) is 12.1. The van der Waals surface area contributed by atoms with Crippen molar-refractivity contribution >= 4 is 12.0 Å². The lowest BCUT2D eigenvalue weighted by atomic mass is 10.2. The van der Waals surface area contributed by atoms with Gasteiger partial charge in [0.2, 0.25) is 0 Å². The van der Waals surface area contributed by atoms with E-state index in [0.717, 1.165) is 12.8 Å². The maximum absolute atomic E-state index is 12.3. The van der Waals surface area contributed by atoms with Gasteiger partial charge in [-0.2, -0.15) is 0 Å². The molecular weight excluding hydrogens is 248 g/mol. The first kappa shape index (κ1) is 17.7. The zero-order valence-corrected chi connectivity index (χ0v) is 12.1. The van der Waals surface area contributed by atoms with Crippen molar-refractivity contribution in [3.8, 4) is 0 Å². The summed E-state index contributed by atoms with van der Waals surface area (Å²) < 4.78 is 0. The van der Waals surface area contributed by atoms with Gasteiger partial charge in [0.05, 0.1) is 6.61 Å². The van der Waals surface area contributed by atoms with E-state index < -0.39 is 5.97 Å². The second-order valence-corrected chi connectivity index (χ2v) is 5.01. The van der Waals surface area contributed by atoms with E-state index in [1.807, 2.05) is 20.8 Å². The molecule has 0 atom stereocenters. The fraction of sp³-hybridized carbons (Fsp3) is 0.846. The first-order chi connectivity index (χ1) is 8.92. The average molecular weight is 274 g/mol. The Labute approximate surface area is 115 Å². The molecule has 19 heavy (non-hydrogen) atoms. The predicted molar refractivity (Wildman–Crippen MR) is 73.0 cm³/mol. The number of urea groups is 1. The Kier molecular flexibility index (Phi) is 8.95. The number of carbonyl (C=O) groups excluding carboxylic acids is 1. The Balaban J connectivity index is 4.72. The van der Waals surface area contributed by atoms with Crippen molar-refractivity contribution in [1.29, 1.82) is 0 Å². The molecule has 2 N–H and O–H groups in total. The number of carboxylic acids is 1. The third kappa shape index (κ3) is 7.66. The molecule has 0 saturated heterocycles. The minimum absolute atomic E-state index is 0.113. The number of unbranched alkanes of at least 4 members (excludes halogenated alkanes) is 1. The summed E-state index contributed by atoms with van der Waals surface area (Å²) in [5.41, 5.74) is 0. The molecule has 6 heteroatoms. The number of rotatable bonds is 9. The number of nitrogens with zero attached hydrogens (tertiary/aromatic N) is 2. The van der Waals surface area contributed by atoms with Crippen LogP contribution in [0.5, 0.6) is 0 Å². The number of amides is 2. The molecule has 0 radical (unpaired) electrons. The maximum Gasteiger partial charge on any atom is 0.323 e. The molecule has 0 spiro atoms. The van der Waals surface area contributed by atoms with Gasteiger partial charge < -0.3 is 20.0 Å². The second-order valence-electron chi connectivity index (χ2n) is 5.01. The number of hydrogen-bond acceptors (Lipinski definition) is 3. The predicted octanol–water partition coefficient (Wildman–Crippen LogP) is 1.24. The first-order valence-corrected chi connectivity index (χ1v) is 6.78. The minimum atomic E-state index is -1.02. The fourth-order valence-corrected chi connectivity index (χ4v) is 1.79. The van der Waals surface area contributed by atoms with Gasteiger partial charge >= 0.3 is 12.0 Å². The monoisotopic (exact) mass is 274 g/mol. The van der Waals surface area contributed by atoms with Crippen molar-refractivity contribution < 1.29 is 19.8 Å². The molecule has 2 amide bonds. The van der Waals surface area contributed by atoms with Gasteiger partial charge in [0, 0.05) is 19.6 Å². The van der Waals surface area contributed by atoms with E-state index in [-0.39, 0.29) is 31.6 Å². The van der Waals surface area contributed by atoms with Gasteiger partial charge in [-0.1, -0.05) is 27.2 Å². The van der Waals surface area contributed by atoms with Gasteiger partial charge in [-0.15, -0.1) is 0 Å². The van der Waals surface area contributed by atoms with Crippen molar-refractivity contribution in [2.75, 3.05) is 32.8 Å². The summed E-state index contributed by atoms with van der Waals surface area (Å²) >= 11 is 0. The number of aliphatic hydroxyl groups is 1. The molecule has 0 aromatic carbocycles. The number of hydrogen-bond donors (Lipinski definition) is 2. The molecule has 0 aliphatic carbocycles. The van der Waals surface area contributed by atoms with E-state index in [1.165, 1.54) is 9.80 Å². The fourth-order valence-electron chi connectivity index (χ4n) is 1.79.